The second-order valence-corrected chi connectivity index (χ2v) is 6.56. The Balaban J connectivity index is 1.40. The molecule has 2 aromatic heterocycles. The third-order valence-corrected chi connectivity index (χ3v) is 4.21. The zero-order valence-corrected chi connectivity index (χ0v) is 16.1. The minimum atomic E-state index is -0.328. The molecule has 0 unspecified atom stereocenters. The first kappa shape index (κ1) is 19.3. The lowest BCUT2D eigenvalue weighted by Crippen LogP contribution is -2.14. The number of nitrogens with zero attached hydrogens (tertiary/aromatic N) is 4. The fourth-order valence-electron chi connectivity index (χ4n) is 2.82. The number of aryl methyl sites for hydroxylation is 1. The predicted molar refractivity (Wildman–Crippen MR) is 109 cm³/mol. The molecule has 0 spiro atoms. The number of anilines is 1. The molecule has 0 aliphatic heterocycles. The van der Waals surface area contributed by atoms with Crippen molar-refractivity contribution in [3.8, 4) is 17.4 Å². The number of nitrogens with one attached hydrogen (secondary N) is 1. The fourth-order valence-corrected chi connectivity index (χ4v) is 2.82. The van der Waals surface area contributed by atoms with Gasteiger partial charge in [0.05, 0.1) is 6.42 Å². The minimum absolute atomic E-state index is 0.162. The van der Waals surface area contributed by atoms with Crippen LogP contribution in [0.15, 0.2) is 73.3 Å². The summed E-state index contributed by atoms with van der Waals surface area (Å²) >= 11 is 0. The van der Waals surface area contributed by atoms with Crippen molar-refractivity contribution in [2.24, 2.45) is 0 Å². The number of amides is 1. The molecule has 0 aliphatic carbocycles. The van der Waals surface area contributed by atoms with E-state index in [9.17, 15) is 9.18 Å². The molecule has 0 radical (unpaired) electrons. The Labute approximate surface area is 172 Å². The van der Waals surface area contributed by atoms with Gasteiger partial charge in [-0.2, -0.15) is 4.98 Å². The fraction of sp³-hybridized carbons (Fsp3) is 0.0909. The number of halogens is 1. The van der Waals surface area contributed by atoms with Gasteiger partial charge in [-0.3, -0.25) is 9.36 Å². The molecule has 0 atom stereocenters. The normalized spacial score (nSPS) is 10.6. The second-order valence-electron chi connectivity index (χ2n) is 6.56. The van der Waals surface area contributed by atoms with E-state index in [4.69, 9.17) is 4.74 Å². The molecule has 30 heavy (non-hydrogen) atoms. The van der Waals surface area contributed by atoms with Crippen LogP contribution >= 0.6 is 0 Å². The van der Waals surface area contributed by atoms with Gasteiger partial charge in [0, 0.05) is 24.1 Å². The Morgan fingerprint density at radius 1 is 1.10 bits per heavy atom. The van der Waals surface area contributed by atoms with Crippen LogP contribution in [0.5, 0.6) is 11.6 Å². The molecular weight excluding hydrogens is 385 g/mol. The molecule has 0 saturated heterocycles. The smallest absolute Gasteiger partial charge is 0.228 e. The number of benzene rings is 2. The maximum atomic E-state index is 13.0. The van der Waals surface area contributed by atoms with E-state index in [0.717, 1.165) is 5.56 Å². The van der Waals surface area contributed by atoms with Crippen molar-refractivity contribution < 1.29 is 13.9 Å². The van der Waals surface area contributed by atoms with Gasteiger partial charge >= 0.3 is 0 Å². The van der Waals surface area contributed by atoms with Crippen molar-refractivity contribution in [2.45, 2.75) is 13.3 Å². The van der Waals surface area contributed by atoms with E-state index >= 15 is 0 Å². The van der Waals surface area contributed by atoms with E-state index in [1.165, 1.54) is 12.1 Å². The molecule has 1 N–H and O–H groups in total. The minimum Gasteiger partial charge on any atom is -0.439 e. The van der Waals surface area contributed by atoms with E-state index in [1.54, 1.807) is 72.7 Å². The summed E-state index contributed by atoms with van der Waals surface area (Å²) in [4.78, 5) is 24.9. The lowest BCUT2D eigenvalue weighted by atomic mass is 10.1. The topological polar surface area (TPSA) is 81.9 Å². The van der Waals surface area contributed by atoms with E-state index in [1.807, 2.05) is 0 Å². The SMILES string of the molecule is Cc1nc(Oc2ccc(NC(=O)Cc3ccc(F)cc3)cc2)cc(-n2ccnc2)n1. The van der Waals surface area contributed by atoms with Crippen molar-refractivity contribution in [1.29, 1.82) is 0 Å². The van der Waals surface area contributed by atoms with Crippen LogP contribution in [0.1, 0.15) is 11.4 Å². The first-order valence-corrected chi connectivity index (χ1v) is 9.21. The molecule has 8 heteroatoms. The summed E-state index contributed by atoms with van der Waals surface area (Å²) in [6.45, 7) is 1.78. The zero-order valence-electron chi connectivity index (χ0n) is 16.1. The highest BCUT2D eigenvalue weighted by Crippen LogP contribution is 2.23. The highest BCUT2D eigenvalue weighted by atomic mass is 19.1. The van der Waals surface area contributed by atoms with E-state index in [2.05, 4.69) is 20.3 Å². The van der Waals surface area contributed by atoms with Gasteiger partial charge in [0.15, 0.2) is 0 Å². The van der Waals surface area contributed by atoms with Crippen molar-refractivity contribution in [2.75, 3.05) is 5.32 Å². The van der Waals surface area contributed by atoms with E-state index in [-0.39, 0.29) is 18.1 Å². The molecular formula is C22H18FN5O2. The summed E-state index contributed by atoms with van der Waals surface area (Å²) in [5.41, 5.74) is 1.37. The third-order valence-electron chi connectivity index (χ3n) is 4.21. The van der Waals surface area contributed by atoms with Crippen molar-refractivity contribution in [3.05, 3.63) is 90.5 Å². The van der Waals surface area contributed by atoms with Crippen LogP contribution in [-0.4, -0.2) is 25.4 Å². The predicted octanol–water partition coefficient (Wildman–Crippen LogP) is 4.08. The number of imidazole rings is 1. The van der Waals surface area contributed by atoms with Gasteiger partial charge in [-0.25, -0.2) is 14.4 Å². The highest BCUT2D eigenvalue weighted by Gasteiger charge is 2.08. The zero-order chi connectivity index (χ0) is 20.9. The molecule has 1 amide bonds. The Morgan fingerprint density at radius 2 is 1.87 bits per heavy atom. The molecule has 0 aliphatic rings. The summed E-state index contributed by atoms with van der Waals surface area (Å²) in [5, 5.41) is 2.81. The standard InChI is InChI=1S/C22H18FN5O2/c1-15-25-20(28-11-10-24-14-28)13-22(26-15)30-19-8-6-18(7-9-19)27-21(29)12-16-2-4-17(23)5-3-16/h2-11,13-14H,12H2,1H3,(H,27,29). The lowest BCUT2D eigenvalue weighted by Gasteiger charge is -2.09. The molecule has 2 heterocycles. The van der Waals surface area contributed by atoms with Gasteiger partial charge in [-0.15, -0.1) is 0 Å². The third kappa shape index (κ3) is 4.85. The molecule has 0 bridgehead atoms. The summed E-state index contributed by atoms with van der Waals surface area (Å²) < 4.78 is 20.6. The van der Waals surface area contributed by atoms with Gasteiger partial charge in [0.25, 0.3) is 0 Å². The van der Waals surface area contributed by atoms with Gasteiger partial charge < -0.3 is 10.1 Å². The van der Waals surface area contributed by atoms with Crippen molar-refractivity contribution in [1.82, 2.24) is 19.5 Å². The Kier molecular flexibility index (Phi) is 5.47. The molecule has 2 aromatic carbocycles. The maximum absolute atomic E-state index is 13.0. The summed E-state index contributed by atoms with van der Waals surface area (Å²) in [6.07, 6.45) is 5.26. The summed E-state index contributed by atoms with van der Waals surface area (Å²) in [5.74, 6) is 1.68. The van der Waals surface area contributed by atoms with E-state index in [0.29, 0.717) is 29.0 Å². The lowest BCUT2D eigenvalue weighted by molar-refractivity contribution is -0.115. The molecule has 0 saturated carbocycles. The maximum Gasteiger partial charge on any atom is 0.228 e. The number of rotatable bonds is 6. The second kappa shape index (κ2) is 8.52. The first-order chi connectivity index (χ1) is 14.5. The van der Waals surface area contributed by atoms with Crippen LogP contribution in [-0.2, 0) is 11.2 Å². The van der Waals surface area contributed by atoms with Crippen molar-refractivity contribution in [3.63, 3.8) is 0 Å². The molecule has 7 nitrogen and oxygen atoms in total. The first-order valence-electron chi connectivity index (χ1n) is 9.21. The average Bonchev–Trinajstić information content (AvgIpc) is 3.26. The number of aromatic nitrogens is 4. The monoisotopic (exact) mass is 403 g/mol. The summed E-state index contributed by atoms with van der Waals surface area (Å²) in [6, 6.07) is 14.5. The molecule has 0 fully saturated rings. The Morgan fingerprint density at radius 3 is 2.57 bits per heavy atom. The molecule has 4 aromatic rings. The molecule has 4 rings (SSSR count). The van der Waals surface area contributed by atoms with Crippen LogP contribution in [0.2, 0.25) is 0 Å². The van der Waals surface area contributed by atoms with Gasteiger partial charge in [0.1, 0.15) is 29.5 Å². The van der Waals surface area contributed by atoms with Crippen LogP contribution in [0.25, 0.3) is 5.82 Å². The highest BCUT2D eigenvalue weighted by molar-refractivity contribution is 5.92. The van der Waals surface area contributed by atoms with Gasteiger partial charge in [-0.1, -0.05) is 12.1 Å². The number of hydrogen-bond donors (Lipinski definition) is 1. The van der Waals surface area contributed by atoms with Crippen LogP contribution in [0, 0.1) is 12.7 Å². The number of carbonyl (C=O) groups excluding carboxylic acids is 1. The summed E-state index contributed by atoms with van der Waals surface area (Å²) in [7, 11) is 0. The Hall–Kier alpha value is -4.07. The van der Waals surface area contributed by atoms with Crippen LogP contribution in [0.4, 0.5) is 10.1 Å². The van der Waals surface area contributed by atoms with Crippen molar-refractivity contribution >= 4 is 11.6 Å². The Bertz CT molecular complexity index is 1140. The number of carbonyl (C=O) groups is 1. The van der Waals surface area contributed by atoms with E-state index < -0.39 is 0 Å². The van der Waals surface area contributed by atoms with Crippen LogP contribution in [0.3, 0.4) is 0 Å². The molecule has 150 valence electrons. The largest absolute Gasteiger partial charge is 0.439 e. The number of hydrogen-bond acceptors (Lipinski definition) is 5. The van der Waals surface area contributed by atoms with Gasteiger partial charge in [-0.05, 0) is 48.9 Å². The number of ether oxygens (including phenoxy) is 1. The van der Waals surface area contributed by atoms with Gasteiger partial charge in [0.2, 0.25) is 11.8 Å². The average molecular weight is 403 g/mol. The van der Waals surface area contributed by atoms with Crippen LogP contribution < -0.4 is 10.1 Å². The quantitative estimate of drug-likeness (QED) is 0.525.